The average Bonchev–Trinajstić information content (AvgIpc) is 2.86. The normalized spacial score (nSPS) is 10.6. The maximum Gasteiger partial charge on any atom is 0.270 e. The monoisotopic (exact) mass is 460 g/mol. The summed E-state index contributed by atoms with van der Waals surface area (Å²) in [6.07, 6.45) is 1.60. The number of anilines is 1. The Morgan fingerprint density at radius 2 is 1.56 bits per heavy atom. The van der Waals surface area contributed by atoms with Crippen LogP contribution in [-0.4, -0.2) is 41.0 Å². The molecule has 1 N–H and O–H groups in total. The van der Waals surface area contributed by atoms with E-state index in [0.717, 1.165) is 17.3 Å². The predicted molar refractivity (Wildman–Crippen MR) is 128 cm³/mol. The minimum atomic E-state index is -0.591. The maximum atomic E-state index is 12.8. The van der Waals surface area contributed by atoms with E-state index in [9.17, 15) is 19.7 Å². The molecule has 174 valence electrons. The number of hydrogen-bond acceptors (Lipinski definition) is 6. The fourth-order valence-corrected chi connectivity index (χ4v) is 3.11. The summed E-state index contributed by atoms with van der Waals surface area (Å²) in [4.78, 5) is 41.6. The largest absolute Gasteiger partial charge is 0.386 e. The first-order valence-corrected chi connectivity index (χ1v) is 10.6. The first kappa shape index (κ1) is 24.1. The lowest BCUT2D eigenvalue weighted by atomic mass is 10.1. The molecule has 0 heterocycles. The second-order valence-electron chi connectivity index (χ2n) is 7.34. The van der Waals surface area contributed by atoms with Gasteiger partial charge in [0.2, 0.25) is 0 Å². The molecule has 0 bridgehead atoms. The van der Waals surface area contributed by atoms with Gasteiger partial charge in [0.25, 0.3) is 17.5 Å². The van der Waals surface area contributed by atoms with Gasteiger partial charge in [-0.15, -0.1) is 0 Å². The highest BCUT2D eigenvalue weighted by molar-refractivity contribution is 6.31. The summed E-state index contributed by atoms with van der Waals surface area (Å²) in [6.45, 7) is 0.620. The van der Waals surface area contributed by atoms with Crippen molar-refractivity contribution in [1.29, 1.82) is 0 Å². The highest BCUT2D eigenvalue weighted by atomic mass is 16.6. The van der Waals surface area contributed by atoms with E-state index in [-0.39, 0.29) is 18.2 Å². The summed E-state index contributed by atoms with van der Waals surface area (Å²) in [5.74, 6) is -0.848. The zero-order valence-electron chi connectivity index (χ0n) is 18.4. The zero-order chi connectivity index (χ0) is 24.2. The third-order valence-corrected chi connectivity index (χ3v) is 4.86. The third kappa shape index (κ3) is 7.86. The van der Waals surface area contributed by atoms with Crippen LogP contribution in [0.2, 0.25) is 0 Å². The Balaban J connectivity index is 1.51. The molecule has 34 heavy (non-hydrogen) atoms. The summed E-state index contributed by atoms with van der Waals surface area (Å²) in [6, 6.07) is 24.9. The van der Waals surface area contributed by atoms with Gasteiger partial charge < -0.3 is 15.1 Å². The van der Waals surface area contributed by atoms with Crippen LogP contribution in [-0.2, 0) is 27.4 Å². The molecule has 0 radical (unpaired) electrons. The molecule has 0 aliphatic rings. The van der Waals surface area contributed by atoms with E-state index in [4.69, 9.17) is 4.84 Å². The number of non-ortho nitro benzene ring substituents is 1. The summed E-state index contributed by atoms with van der Waals surface area (Å²) < 4.78 is 0. The van der Waals surface area contributed by atoms with E-state index >= 15 is 0 Å². The molecular weight excluding hydrogens is 436 g/mol. The fraction of sp³-hybridized carbons (Fsp3) is 0.160. The van der Waals surface area contributed by atoms with E-state index in [2.05, 4.69) is 10.5 Å². The number of benzene rings is 3. The predicted octanol–water partition coefficient (Wildman–Crippen LogP) is 3.81. The average molecular weight is 460 g/mol. The molecule has 9 nitrogen and oxygen atoms in total. The highest BCUT2D eigenvalue weighted by Gasteiger charge is 2.15. The van der Waals surface area contributed by atoms with Crippen molar-refractivity contribution in [3.63, 3.8) is 0 Å². The Morgan fingerprint density at radius 3 is 2.18 bits per heavy atom. The Labute approximate surface area is 196 Å². The number of carbonyl (C=O) groups excluding carboxylic acids is 2. The molecule has 0 aliphatic heterocycles. The number of carbonyl (C=O) groups is 2. The van der Waals surface area contributed by atoms with Gasteiger partial charge in [0.05, 0.1) is 4.92 Å². The maximum absolute atomic E-state index is 12.8. The van der Waals surface area contributed by atoms with E-state index in [1.807, 2.05) is 60.7 Å². The molecule has 2 amide bonds. The van der Waals surface area contributed by atoms with Crippen molar-refractivity contribution in [3.8, 4) is 0 Å². The van der Waals surface area contributed by atoms with Gasteiger partial charge in [-0.2, -0.15) is 0 Å². The van der Waals surface area contributed by atoms with Crippen LogP contribution < -0.4 is 5.32 Å². The molecule has 0 saturated carbocycles. The summed E-state index contributed by atoms with van der Waals surface area (Å²) in [5, 5.41) is 16.7. The SMILES string of the molecule is O=C(/C=N/OCC(=O)N(CCc1ccccc1)Cc1ccccc1)Nc1ccc([N+](=O)[O-])cc1. The van der Waals surface area contributed by atoms with Crippen molar-refractivity contribution in [3.05, 3.63) is 106 Å². The Bertz CT molecular complexity index is 1120. The molecule has 0 spiro atoms. The third-order valence-electron chi connectivity index (χ3n) is 4.86. The van der Waals surface area contributed by atoms with Crippen LogP contribution in [0.3, 0.4) is 0 Å². The van der Waals surface area contributed by atoms with Crippen LogP contribution in [0.5, 0.6) is 0 Å². The van der Waals surface area contributed by atoms with Gasteiger partial charge >= 0.3 is 0 Å². The highest BCUT2D eigenvalue weighted by Crippen LogP contribution is 2.15. The minimum absolute atomic E-state index is 0.0826. The quantitative estimate of drug-likeness (QED) is 0.266. The van der Waals surface area contributed by atoms with Gasteiger partial charge in [-0.1, -0.05) is 65.8 Å². The second-order valence-corrected chi connectivity index (χ2v) is 7.34. The Hall–Kier alpha value is -4.53. The smallest absolute Gasteiger partial charge is 0.270 e. The number of nitro benzene ring substituents is 1. The van der Waals surface area contributed by atoms with Gasteiger partial charge in [0.1, 0.15) is 6.21 Å². The second kappa shape index (κ2) is 12.5. The van der Waals surface area contributed by atoms with Crippen molar-refractivity contribution in [2.45, 2.75) is 13.0 Å². The van der Waals surface area contributed by atoms with Crippen LogP contribution in [0.1, 0.15) is 11.1 Å². The van der Waals surface area contributed by atoms with Crippen molar-refractivity contribution >= 4 is 29.4 Å². The molecule has 3 aromatic carbocycles. The van der Waals surface area contributed by atoms with Crippen LogP contribution in [0.4, 0.5) is 11.4 Å². The number of nitrogens with zero attached hydrogens (tertiary/aromatic N) is 3. The van der Waals surface area contributed by atoms with Crippen molar-refractivity contribution in [1.82, 2.24) is 4.90 Å². The lowest BCUT2D eigenvalue weighted by Gasteiger charge is -2.22. The number of oxime groups is 1. The molecule has 0 unspecified atom stereocenters. The molecule has 0 fully saturated rings. The van der Waals surface area contributed by atoms with Gasteiger partial charge in [-0.05, 0) is 29.7 Å². The summed E-state index contributed by atoms with van der Waals surface area (Å²) >= 11 is 0. The standard InChI is InChI=1S/C25H24N4O5/c30-24(27-22-11-13-23(14-12-22)29(32)33)17-26-34-19-25(31)28(18-21-9-5-2-6-10-21)16-15-20-7-3-1-4-8-20/h1-14,17H,15-16,18-19H2,(H,27,30)/b26-17+. The Morgan fingerprint density at radius 1 is 0.941 bits per heavy atom. The number of amides is 2. The number of rotatable bonds is 11. The summed E-state index contributed by atoms with van der Waals surface area (Å²) in [5.41, 5.74) is 2.40. The first-order chi connectivity index (χ1) is 16.5. The van der Waals surface area contributed by atoms with E-state index < -0.39 is 10.8 Å². The molecule has 0 saturated heterocycles. The van der Waals surface area contributed by atoms with Gasteiger partial charge in [-0.3, -0.25) is 19.7 Å². The lowest BCUT2D eigenvalue weighted by Crippen LogP contribution is -2.35. The summed E-state index contributed by atoms with van der Waals surface area (Å²) in [7, 11) is 0. The van der Waals surface area contributed by atoms with Crippen molar-refractivity contribution in [2.24, 2.45) is 5.16 Å². The molecule has 0 aromatic heterocycles. The number of hydrogen-bond donors (Lipinski definition) is 1. The molecule has 0 aliphatic carbocycles. The van der Waals surface area contributed by atoms with Crippen LogP contribution >= 0.6 is 0 Å². The fourth-order valence-electron chi connectivity index (χ4n) is 3.11. The topological polar surface area (TPSA) is 114 Å². The lowest BCUT2D eigenvalue weighted by molar-refractivity contribution is -0.384. The van der Waals surface area contributed by atoms with Crippen LogP contribution in [0.25, 0.3) is 0 Å². The van der Waals surface area contributed by atoms with Crippen LogP contribution in [0, 0.1) is 10.1 Å². The molecule has 3 rings (SSSR count). The van der Waals surface area contributed by atoms with Crippen molar-refractivity contribution in [2.75, 3.05) is 18.5 Å². The van der Waals surface area contributed by atoms with E-state index in [1.54, 1.807) is 4.90 Å². The zero-order valence-corrected chi connectivity index (χ0v) is 18.4. The minimum Gasteiger partial charge on any atom is -0.386 e. The van der Waals surface area contributed by atoms with Gasteiger partial charge in [0, 0.05) is 30.9 Å². The molecule has 9 heteroatoms. The first-order valence-electron chi connectivity index (χ1n) is 10.6. The molecule has 3 aromatic rings. The number of nitrogens with one attached hydrogen (secondary N) is 1. The number of nitro groups is 1. The Kier molecular flexibility index (Phi) is 8.86. The molecule has 0 atom stereocenters. The van der Waals surface area contributed by atoms with Gasteiger partial charge in [0.15, 0.2) is 6.61 Å². The molecular formula is C25H24N4O5. The van der Waals surface area contributed by atoms with Crippen LogP contribution in [0.15, 0.2) is 90.1 Å². The van der Waals surface area contributed by atoms with E-state index in [0.29, 0.717) is 25.2 Å². The van der Waals surface area contributed by atoms with Crippen molar-refractivity contribution < 1.29 is 19.3 Å². The van der Waals surface area contributed by atoms with E-state index in [1.165, 1.54) is 24.3 Å². The van der Waals surface area contributed by atoms with Gasteiger partial charge in [-0.25, -0.2) is 0 Å².